The number of carbonyl (C=O) groups excluding carboxylic acids is 2. The van der Waals surface area contributed by atoms with E-state index in [1.54, 1.807) is 6.07 Å². The molecule has 0 radical (unpaired) electrons. The van der Waals surface area contributed by atoms with E-state index in [4.69, 9.17) is 16.2 Å². The molecule has 1 heterocycles. The Balaban J connectivity index is 1.80. The van der Waals surface area contributed by atoms with Crippen LogP contribution in [-0.4, -0.2) is 48.1 Å². The van der Waals surface area contributed by atoms with Crippen LogP contribution in [0, 0.1) is 0 Å². The van der Waals surface area contributed by atoms with Crippen LogP contribution in [0.1, 0.15) is 54.9 Å². The zero-order valence-corrected chi connectivity index (χ0v) is 18.4. The van der Waals surface area contributed by atoms with Crippen molar-refractivity contribution >= 4 is 17.8 Å². The Kier molecular flexibility index (Phi) is 7.57. The number of hydrogen-bond acceptors (Lipinski definition) is 4. The van der Waals surface area contributed by atoms with Crippen LogP contribution in [0.4, 0.5) is 10.6 Å². The van der Waals surface area contributed by atoms with E-state index >= 15 is 0 Å². The summed E-state index contributed by atoms with van der Waals surface area (Å²) in [6.45, 7) is 3.47. The first kappa shape index (κ1) is 22.7. The second-order valence-corrected chi connectivity index (χ2v) is 8.13. The fourth-order valence-electron chi connectivity index (χ4n) is 4.15. The standard InChI is InChI=1S/C23H33N5O3/c1-3-15-9-10-20(31-12-11-28(2)16-7-5-4-6-8-16)17(13-15)19-14-18(21(24)29)22(26-19)27-23(25)30/h9-10,13-14,16,26H,3-8,11-12H2,1-2H3,(H2,24,29)(H3,25,27,30). The lowest BCUT2D eigenvalue weighted by molar-refractivity contribution is 0.100. The Hall–Kier alpha value is -3.00. The van der Waals surface area contributed by atoms with Crippen LogP contribution >= 0.6 is 0 Å². The van der Waals surface area contributed by atoms with E-state index in [0.29, 0.717) is 24.1 Å². The fraction of sp³-hybridized carbons (Fsp3) is 0.478. The molecule has 1 saturated carbocycles. The maximum atomic E-state index is 11.8. The van der Waals surface area contributed by atoms with Crippen LogP contribution in [0.25, 0.3) is 11.3 Å². The Labute approximate surface area is 183 Å². The van der Waals surface area contributed by atoms with Gasteiger partial charge in [0.25, 0.3) is 5.91 Å². The highest BCUT2D eigenvalue weighted by Crippen LogP contribution is 2.33. The molecule has 0 aliphatic heterocycles. The molecule has 1 aromatic carbocycles. The van der Waals surface area contributed by atoms with Crippen molar-refractivity contribution in [3.8, 4) is 17.0 Å². The molecule has 2 aromatic rings. The molecule has 8 nitrogen and oxygen atoms in total. The van der Waals surface area contributed by atoms with Gasteiger partial charge in [0, 0.05) is 18.2 Å². The number of hydrogen-bond donors (Lipinski definition) is 4. The molecular formula is C23H33N5O3. The van der Waals surface area contributed by atoms with Gasteiger partial charge in [-0.05, 0) is 50.1 Å². The van der Waals surface area contributed by atoms with E-state index in [0.717, 1.165) is 24.1 Å². The van der Waals surface area contributed by atoms with Crippen molar-refractivity contribution in [2.45, 2.75) is 51.5 Å². The number of nitrogens with zero attached hydrogens (tertiary/aromatic N) is 1. The Morgan fingerprint density at radius 1 is 1.19 bits per heavy atom. The summed E-state index contributed by atoms with van der Waals surface area (Å²) in [5.41, 5.74) is 13.4. The summed E-state index contributed by atoms with van der Waals surface area (Å²) >= 11 is 0. The van der Waals surface area contributed by atoms with Gasteiger partial charge in [-0.15, -0.1) is 0 Å². The van der Waals surface area contributed by atoms with E-state index in [9.17, 15) is 9.59 Å². The highest BCUT2D eigenvalue weighted by Gasteiger charge is 2.20. The van der Waals surface area contributed by atoms with Crippen LogP contribution in [0.5, 0.6) is 5.75 Å². The topological polar surface area (TPSA) is 126 Å². The number of urea groups is 1. The summed E-state index contributed by atoms with van der Waals surface area (Å²) in [6.07, 6.45) is 7.30. The van der Waals surface area contributed by atoms with Gasteiger partial charge in [0.1, 0.15) is 18.2 Å². The van der Waals surface area contributed by atoms with E-state index in [1.807, 2.05) is 18.2 Å². The molecule has 3 rings (SSSR count). The minimum absolute atomic E-state index is 0.165. The van der Waals surface area contributed by atoms with E-state index < -0.39 is 11.9 Å². The summed E-state index contributed by atoms with van der Waals surface area (Å²) in [7, 11) is 2.16. The van der Waals surface area contributed by atoms with E-state index in [1.165, 1.54) is 32.1 Å². The first-order valence-electron chi connectivity index (χ1n) is 10.9. The SMILES string of the molecule is CCc1ccc(OCCN(C)C2CCCCC2)c(-c2cc(C(N)=O)c(NC(N)=O)[nH]2)c1. The second-order valence-electron chi connectivity index (χ2n) is 8.13. The third-order valence-corrected chi connectivity index (χ3v) is 5.97. The summed E-state index contributed by atoms with van der Waals surface area (Å²) in [5.74, 6) is 0.228. The highest BCUT2D eigenvalue weighted by atomic mass is 16.5. The number of rotatable bonds is 9. The van der Waals surface area contributed by atoms with Gasteiger partial charge >= 0.3 is 6.03 Å². The molecule has 1 aromatic heterocycles. The number of ether oxygens (including phenoxy) is 1. The Morgan fingerprint density at radius 3 is 2.58 bits per heavy atom. The second kappa shape index (κ2) is 10.3. The van der Waals surface area contributed by atoms with Crippen LogP contribution in [0.2, 0.25) is 0 Å². The number of aromatic nitrogens is 1. The zero-order chi connectivity index (χ0) is 22.4. The number of H-pyrrole nitrogens is 1. The van der Waals surface area contributed by atoms with Gasteiger partial charge in [-0.3, -0.25) is 10.1 Å². The van der Waals surface area contributed by atoms with Gasteiger partial charge in [-0.25, -0.2) is 4.79 Å². The van der Waals surface area contributed by atoms with Crippen molar-refractivity contribution in [1.29, 1.82) is 0 Å². The predicted molar refractivity (Wildman–Crippen MR) is 122 cm³/mol. The fourth-order valence-corrected chi connectivity index (χ4v) is 4.15. The number of nitrogens with two attached hydrogens (primary N) is 2. The van der Waals surface area contributed by atoms with Crippen LogP contribution in [0.3, 0.4) is 0 Å². The van der Waals surface area contributed by atoms with Crippen LogP contribution in [-0.2, 0) is 6.42 Å². The molecule has 3 amide bonds. The molecule has 0 saturated heterocycles. The first-order chi connectivity index (χ1) is 14.9. The van der Waals surface area contributed by atoms with Crippen molar-refractivity contribution < 1.29 is 14.3 Å². The molecule has 0 spiro atoms. The Morgan fingerprint density at radius 2 is 1.94 bits per heavy atom. The molecule has 6 N–H and O–H groups in total. The number of nitrogens with one attached hydrogen (secondary N) is 2. The predicted octanol–water partition coefficient (Wildman–Crippen LogP) is 3.48. The molecule has 0 atom stereocenters. The molecule has 31 heavy (non-hydrogen) atoms. The number of carbonyl (C=O) groups is 2. The molecule has 1 aliphatic rings. The van der Waals surface area contributed by atoms with Crippen molar-refractivity contribution in [2.75, 3.05) is 25.5 Å². The molecule has 168 valence electrons. The van der Waals surface area contributed by atoms with E-state index in [2.05, 4.69) is 29.2 Å². The molecular weight excluding hydrogens is 394 g/mol. The van der Waals surface area contributed by atoms with Gasteiger partial charge < -0.3 is 26.1 Å². The number of anilines is 1. The minimum atomic E-state index is -0.777. The van der Waals surface area contributed by atoms with Crippen molar-refractivity contribution in [3.63, 3.8) is 0 Å². The molecule has 1 fully saturated rings. The monoisotopic (exact) mass is 427 g/mol. The lowest BCUT2D eigenvalue weighted by Gasteiger charge is -2.31. The number of likely N-dealkylation sites (N-methyl/N-ethyl adjacent to an activating group) is 1. The lowest BCUT2D eigenvalue weighted by Crippen LogP contribution is -2.36. The van der Waals surface area contributed by atoms with Gasteiger partial charge in [-0.2, -0.15) is 0 Å². The lowest BCUT2D eigenvalue weighted by atomic mass is 9.94. The van der Waals surface area contributed by atoms with Crippen molar-refractivity contribution in [2.24, 2.45) is 11.5 Å². The number of aromatic amines is 1. The molecule has 0 unspecified atom stereocenters. The minimum Gasteiger partial charge on any atom is -0.492 e. The maximum absolute atomic E-state index is 11.8. The number of aryl methyl sites for hydroxylation is 1. The smallest absolute Gasteiger partial charge is 0.317 e. The third-order valence-electron chi connectivity index (χ3n) is 5.97. The summed E-state index contributed by atoms with van der Waals surface area (Å²) in [6, 6.07) is 7.46. The summed E-state index contributed by atoms with van der Waals surface area (Å²) in [5, 5.41) is 2.42. The first-order valence-corrected chi connectivity index (χ1v) is 10.9. The van der Waals surface area contributed by atoms with E-state index in [-0.39, 0.29) is 11.4 Å². The Bertz CT molecular complexity index is 918. The summed E-state index contributed by atoms with van der Waals surface area (Å²) < 4.78 is 6.15. The van der Waals surface area contributed by atoms with Crippen LogP contribution < -0.4 is 21.5 Å². The van der Waals surface area contributed by atoms with Crippen molar-refractivity contribution in [3.05, 3.63) is 35.4 Å². The average molecular weight is 428 g/mol. The zero-order valence-electron chi connectivity index (χ0n) is 18.4. The quantitative estimate of drug-likeness (QED) is 0.489. The molecule has 0 bridgehead atoms. The van der Waals surface area contributed by atoms with Gasteiger partial charge in [0.2, 0.25) is 0 Å². The third kappa shape index (κ3) is 5.79. The van der Waals surface area contributed by atoms with Crippen LogP contribution in [0.15, 0.2) is 24.3 Å². The summed E-state index contributed by atoms with van der Waals surface area (Å²) in [4.78, 5) is 28.6. The normalized spacial score (nSPS) is 14.5. The average Bonchev–Trinajstić information content (AvgIpc) is 3.17. The number of primary amides is 2. The van der Waals surface area contributed by atoms with Gasteiger partial charge in [0.05, 0.1) is 11.3 Å². The largest absolute Gasteiger partial charge is 0.492 e. The van der Waals surface area contributed by atoms with Gasteiger partial charge in [-0.1, -0.05) is 32.3 Å². The number of benzene rings is 1. The maximum Gasteiger partial charge on any atom is 0.317 e. The molecule has 1 aliphatic carbocycles. The van der Waals surface area contributed by atoms with Gasteiger partial charge in [0.15, 0.2) is 0 Å². The molecule has 8 heteroatoms. The number of amides is 3. The van der Waals surface area contributed by atoms with Crippen molar-refractivity contribution in [1.82, 2.24) is 9.88 Å². The highest BCUT2D eigenvalue weighted by molar-refractivity contribution is 6.03.